The zero-order chi connectivity index (χ0) is 10.5. The average Bonchev–Trinajstić information content (AvgIpc) is 2.29. The van der Waals surface area contributed by atoms with Gasteiger partial charge in [0.25, 0.3) is 0 Å². The molecule has 0 N–H and O–H groups in total. The van der Waals surface area contributed by atoms with E-state index in [-0.39, 0.29) is 0 Å². The van der Waals surface area contributed by atoms with Gasteiger partial charge in [-0.3, -0.25) is 0 Å². The summed E-state index contributed by atoms with van der Waals surface area (Å²) in [5.74, 6) is 0.754. The zero-order valence-electron chi connectivity index (χ0n) is 9.19. The van der Waals surface area contributed by atoms with Crippen molar-refractivity contribution in [1.29, 1.82) is 0 Å². The van der Waals surface area contributed by atoms with Crippen LogP contribution in [0.2, 0.25) is 5.32 Å². The normalized spacial score (nSPS) is 26.5. The predicted molar refractivity (Wildman–Crippen MR) is 64.8 cm³/mol. The first-order chi connectivity index (χ1) is 7.36. The van der Waals surface area contributed by atoms with Crippen LogP contribution < -0.4 is 4.46 Å². The van der Waals surface area contributed by atoms with E-state index in [4.69, 9.17) is 4.74 Å². The summed E-state index contributed by atoms with van der Waals surface area (Å²) < 4.78 is 7.32. The first-order valence-electron chi connectivity index (χ1n) is 5.66. The number of hydrogen-bond acceptors (Lipinski definition) is 1. The molecular formula is C13H18OSe. The minimum atomic E-state index is 0.513. The van der Waals surface area contributed by atoms with Crippen LogP contribution in [0.4, 0.5) is 0 Å². The van der Waals surface area contributed by atoms with Gasteiger partial charge in [-0.2, -0.15) is 0 Å². The number of ether oxygens (including phenoxy) is 1. The molecule has 1 aromatic rings. The summed E-state index contributed by atoms with van der Waals surface area (Å²) in [5, 5.41) is 1.23. The standard InChI is InChI=1S/C13H18OSe/c1-11-6-5-9-14-13(11)10-15-12-7-3-2-4-8-12/h2-4,7-8,11,13H,5-6,9-10H2,1H3/t11-,13-/m1/s1. The Balaban J connectivity index is 1.82. The van der Waals surface area contributed by atoms with E-state index >= 15 is 0 Å². The third-order valence-electron chi connectivity index (χ3n) is 2.93. The molecule has 0 spiro atoms. The average molecular weight is 269 g/mol. The van der Waals surface area contributed by atoms with Gasteiger partial charge in [0.2, 0.25) is 0 Å². The number of rotatable bonds is 3. The fourth-order valence-electron chi connectivity index (χ4n) is 1.90. The maximum atomic E-state index is 5.83. The van der Waals surface area contributed by atoms with Crippen LogP contribution >= 0.6 is 0 Å². The van der Waals surface area contributed by atoms with E-state index in [2.05, 4.69) is 37.3 Å². The molecule has 0 radical (unpaired) electrons. The Labute approximate surface area is 98.4 Å². The molecule has 0 bridgehead atoms. The monoisotopic (exact) mass is 270 g/mol. The third kappa shape index (κ3) is 3.34. The molecule has 0 aromatic heterocycles. The van der Waals surface area contributed by atoms with E-state index in [1.54, 1.807) is 0 Å². The SMILES string of the molecule is C[C@@H]1CCCO[C@@H]1C[Se]c1ccccc1. The Bertz CT molecular complexity index is 286. The van der Waals surface area contributed by atoms with Gasteiger partial charge in [-0.1, -0.05) is 0 Å². The first-order valence-corrected chi connectivity index (χ1v) is 7.72. The minimum absolute atomic E-state index is 0.513. The van der Waals surface area contributed by atoms with Crippen molar-refractivity contribution in [2.24, 2.45) is 5.92 Å². The van der Waals surface area contributed by atoms with E-state index in [0.717, 1.165) is 12.5 Å². The van der Waals surface area contributed by atoms with Crippen LogP contribution in [0.3, 0.4) is 0 Å². The summed E-state index contributed by atoms with van der Waals surface area (Å²) in [5.41, 5.74) is 0. The Morgan fingerprint density at radius 2 is 2.13 bits per heavy atom. The van der Waals surface area contributed by atoms with Crippen molar-refractivity contribution in [1.82, 2.24) is 0 Å². The molecule has 0 unspecified atom stereocenters. The zero-order valence-corrected chi connectivity index (χ0v) is 10.9. The number of benzene rings is 1. The summed E-state index contributed by atoms with van der Waals surface area (Å²) in [7, 11) is 0. The molecule has 15 heavy (non-hydrogen) atoms. The summed E-state index contributed by atoms with van der Waals surface area (Å²) >= 11 is 0.581. The molecule has 2 rings (SSSR count). The van der Waals surface area contributed by atoms with Crippen LogP contribution in [0.5, 0.6) is 0 Å². The van der Waals surface area contributed by atoms with E-state index in [9.17, 15) is 0 Å². The van der Waals surface area contributed by atoms with Gasteiger partial charge in [0.1, 0.15) is 0 Å². The molecule has 1 aliphatic rings. The van der Waals surface area contributed by atoms with Gasteiger partial charge >= 0.3 is 98.2 Å². The molecule has 1 fully saturated rings. The van der Waals surface area contributed by atoms with Gasteiger partial charge in [0, 0.05) is 0 Å². The molecule has 2 atom stereocenters. The van der Waals surface area contributed by atoms with Gasteiger partial charge in [-0.05, 0) is 0 Å². The van der Waals surface area contributed by atoms with Gasteiger partial charge in [-0.25, -0.2) is 0 Å². The Kier molecular flexibility index (Phi) is 4.25. The Morgan fingerprint density at radius 3 is 2.87 bits per heavy atom. The van der Waals surface area contributed by atoms with Crippen molar-refractivity contribution < 1.29 is 4.74 Å². The fourth-order valence-corrected chi connectivity index (χ4v) is 4.27. The van der Waals surface area contributed by atoms with Crippen LogP contribution in [0, 0.1) is 5.92 Å². The number of hydrogen-bond donors (Lipinski definition) is 0. The molecule has 1 saturated heterocycles. The second kappa shape index (κ2) is 5.69. The first kappa shape index (κ1) is 11.2. The maximum absolute atomic E-state index is 5.83. The van der Waals surface area contributed by atoms with E-state index < -0.39 is 0 Å². The molecule has 1 nitrogen and oxygen atoms in total. The molecule has 0 aliphatic carbocycles. The van der Waals surface area contributed by atoms with Crippen molar-refractivity contribution in [3.05, 3.63) is 30.3 Å². The molecule has 0 amide bonds. The van der Waals surface area contributed by atoms with Crippen molar-refractivity contribution in [2.75, 3.05) is 6.61 Å². The summed E-state index contributed by atoms with van der Waals surface area (Å²) in [6.07, 6.45) is 3.10. The molecule has 2 heteroatoms. The second-order valence-corrected chi connectivity index (χ2v) is 6.45. The topological polar surface area (TPSA) is 9.23 Å². The van der Waals surface area contributed by atoms with Crippen LogP contribution in [-0.2, 0) is 4.74 Å². The van der Waals surface area contributed by atoms with Gasteiger partial charge in [0.15, 0.2) is 0 Å². The van der Waals surface area contributed by atoms with Crippen LogP contribution in [-0.4, -0.2) is 27.7 Å². The van der Waals surface area contributed by atoms with Crippen molar-refractivity contribution in [3.8, 4) is 0 Å². The molecular weight excluding hydrogens is 251 g/mol. The Morgan fingerprint density at radius 1 is 1.33 bits per heavy atom. The second-order valence-electron chi connectivity index (χ2n) is 4.15. The molecule has 82 valence electrons. The van der Waals surface area contributed by atoms with Gasteiger partial charge < -0.3 is 0 Å². The molecule has 1 aromatic carbocycles. The molecule has 0 saturated carbocycles. The third-order valence-corrected chi connectivity index (χ3v) is 5.24. The van der Waals surface area contributed by atoms with Crippen molar-refractivity contribution in [2.45, 2.75) is 31.2 Å². The van der Waals surface area contributed by atoms with Crippen LogP contribution in [0.1, 0.15) is 19.8 Å². The summed E-state index contributed by atoms with van der Waals surface area (Å²) in [6.45, 7) is 3.30. The van der Waals surface area contributed by atoms with E-state index in [1.807, 2.05) is 0 Å². The van der Waals surface area contributed by atoms with Gasteiger partial charge in [-0.15, -0.1) is 0 Å². The molecule has 1 aliphatic heterocycles. The quantitative estimate of drug-likeness (QED) is 0.765. The van der Waals surface area contributed by atoms with Crippen molar-refractivity contribution in [3.63, 3.8) is 0 Å². The van der Waals surface area contributed by atoms with Crippen LogP contribution in [0.25, 0.3) is 0 Å². The van der Waals surface area contributed by atoms with Gasteiger partial charge in [0.05, 0.1) is 0 Å². The molecule has 1 heterocycles. The van der Waals surface area contributed by atoms with E-state index in [0.29, 0.717) is 21.1 Å². The Hall–Kier alpha value is -0.301. The summed E-state index contributed by atoms with van der Waals surface area (Å²) in [6, 6.07) is 10.8. The summed E-state index contributed by atoms with van der Waals surface area (Å²) in [4.78, 5) is 0. The van der Waals surface area contributed by atoms with E-state index in [1.165, 1.54) is 22.6 Å². The predicted octanol–water partition coefficient (Wildman–Crippen LogP) is 2.25. The van der Waals surface area contributed by atoms with Crippen molar-refractivity contribution >= 4 is 19.4 Å². The van der Waals surface area contributed by atoms with Crippen LogP contribution in [0.15, 0.2) is 30.3 Å². The fraction of sp³-hybridized carbons (Fsp3) is 0.538.